The van der Waals surface area contributed by atoms with Gasteiger partial charge in [0.05, 0.1) is 6.54 Å². The van der Waals surface area contributed by atoms with Crippen molar-refractivity contribution < 1.29 is 4.74 Å². The maximum Gasteiger partial charge on any atom is 0.119 e. The average molecular weight is 268 g/mol. The van der Waals surface area contributed by atoms with Crippen molar-refractivity contribution in [3.63, 3.8) is 0 Å². The lowest BCUT2D eigenvalue weighted by atomic mass is 10.0. The zero-order valence-corrected chi connectivity index (χ0v) is 11.6. The standard InChI is InChI=1S/C17H20N2O/c18-15-7-9-16(10-8-15)20-13-12-19-11-3-5-14-4-1-2-6-17(14)19/h1-2,4,6-10H,3,5,11-13,18H2. The Morgan fingerprint density at radius 3 is 2.70 bits per heavy atom. The van der Waals surface area contributed by atoms with Crippen LogP contribution >= 0.6 is 0 Å². The van der Waals surface area contributed by atoms with E-state index in [1.165, 1.54) is 24.1 Å². The summed E-state index contributed by atoms with van der Waals surface area (Å²) in [4.78, 5) is 2.41. The van der Waals surface area contributed by atoms with Crippen LogP contribution in [-0.4, -0.2) is 19.7 Å². The minimum Gasteiger partial charge on any atom is -0.492 e. The molecule has 0 aromatic heterocycles. The number of nitrogens with zero attached hydrogens (tertiary/aromatic N) is 1. The predicted octanol–water partition coefficient (Wildman–Crippen LogP) is 3.10. The van der Waals surface area contributed by atoms with Gasteiger partial charge in [-0.1, -0.05) is 18.2 Å². The zero-order chi connectivity index (χ0) is 13.8. The van der Waals surface area contributed by atoms with Gasteiger partial charge in [-0.05, 0) is 48.7 Å². The summed E-state index contributed by atoms with van der Waals surface area (Å²) in [6.45, 7) is 2.72. The van der Waals surface area contributed by atoms with Gasteiger partial charge in [0, 0.05) is 17.9 Å². The van der Waals surface area contributed by atoms with Gasteiger partial charge in [0.15, 0.2) is 0 Å². The SMILES string of the molecule is Nc1ccc(OCCN2CCCc3ccccc32)cc1. The number of nitrogens with two attached hydrogens (primary N) is 1. The minimum atomic E-state index is 0.693. The first-order valence-electron chi connectivity index (χ1n) is 7.14. The number of rotatable bonds is 4. The van der Waals surface area contributed by atoms with E-state index in [4.69, 9.17) is 10.5 Å². The number of anilines is 2. The number of ether oxygens (including phenoxy) is 1. The lowest BCUT2D eigenvalue weighted by Gasteiger charge is -2.31. The van der Waals surface area contributed by atoms with Gasteiger partial charge >= 0.3 is 0 Å². The van der Waals surface area contributed by atoms with Crippen molar-refractivity contribution in [3.8, 4) is 5.75 Å². The number of hydrogen-bond acceptors (Lipinski definition) is 3. The molecular weight excluding hydrogens is 248 g/mol. The molecule has 0 radical (unpaired) electrons. The topological polar surface area (TPSA) is 38.5 Å². The summed E-state index contributed by atoms with van der Waals surface area (Å²) >= 11 is 0. The molecule has 1 aliphatic heterocycles. The van der Waals surface area contributed by atoms with Crippen molar-refractivity contribution in [2.45, 2.75) is 12.8 Å². The average Bonchev–Trinajstić information content (AvgIpc) is 2.49. The number of benzene rings is 2. The van der Waals surface area contributed by atoms with Crippen LogP contribution in [0.15, 0.2) is 48.5 Å². The molecule has 104 valence electrons. The molecule has 20 heavy (non-hydrogen) atoms. The monoisotopic (exact) mass is 268 g/mol. The first kappa shape index (κ1) is 12.9. The highest BCUT2D eigenvalue weighted by atomic mass is 16.5. The molecule has 0 bridgehead atoms. The van der Waals surface area contributed by atoms with Crippen molar-refractivity contribution in [1.29, 1.82) is 0 Å². The van der Waals surface area contributed by atoms with Crippen molar-refractivity contribution in [2.24, 2.45) is 0 Å². The van der Waals surface area contributed by atoms with Crippen molar-refractivity contribution >= 4 is 11.4 Å². The van der Waals surface area contributed by atoms with Gasteiger partial charge in [-0.2, -0.15) is 0 Å². The number of hydrogen-bond donors (Lipinski definition) is 1. The molecule has 3 rings (SSSR count). The summed E-state index contributed by atoms with van der Waals surface area (Å²) in [7, 11) is 0. The van der Waals surface area contributed by atoms with E-state index < -0.39 is 0 Å². The molecule has 1 aliphatic rings. The molecule has 3 heteroatoms. The molecule has 1 heterocycles. The fourth-order valence-electron chi connectivity index (χ4n) is 2.68. The number of aryl methyl sites for hydroxylation is 1. The molecule has 2 aromatic rings. The van der Waals surface area contributed by atoms with E-state index in [-0.39, 0.29) is 0 Å². The van der Waals surface area contributed by atoms with Crippen LogP contribution in [0.1, 0.15) is 12.0 Å². The minimum absolute atomic E-state index is 0.693. The third-order valence-electron chi connectivity index (χ3n) is 3.72. The predicted molar refractivity (Wildman–Crippen MR) is 83.3 cm³/mol. The van der Waals surface area contributed by atoms with Gasteiger partial charge < -0.3 is 15.4 Å². The van der Waals surface area contributed by atoms with E-state index in [0.717, 1.165) is 24.5 Å². The van der Waals surface area contributed by atoms with Gasteiger partial charge in [0.2, 0.25) is 0 Å². The molecule has 0 spiro atoms. The summed E-state index contributed by atoms with van der Waals surface area (Å²) in [6, 6.07) is 16.2. The third-order valence-corrected chi connectivity index (χ3v) is 3.72. The summed E-state index contributed by atoms with van der Waals surface area (Å²) in [5.74, 6) is 0.879. The molecular formula is C17H20N2O. The number of para-hydroxylation sites is 1. The van der Waals surface area contributed by atoms with Crippen molar-refractivity contribution in [3.05, 3.63) is 54.1 Å². The van der Waals surface area contributed by atoms with Crippen molar-refractivity contribution in [2.75, 3.05) is 30.3 Å². The Bertz CT molecular complexity index is 565. The van der Waals surface area contributed by atoms with Gasteiger partial charge in [-0.15, -0.1) is 0 Å². The fraction of sp³-hybridized carbons (Fsp3) is 0.294. The van der Waals surface area contributed by atoms with Crippen LogP contribution in [0.25, 0.3) is 0 Å². The Hall–Kier alpha value is -2.16. The molecule has 0 unspecified atom stereocenters. The second kappa shape index (κ2) is 5.87. The Kier molecular flexibility index (Phi) is 3.77. The van der Waals surface area contributed by atoms with E-state index >= 15 is 0 Å². The highest BCUT2D eigenvalue weighted by molar-refractivity contribution is 5.55. The first-order chi connectivity index (χ1) is 9.83. The zero-order valence-electron chi connectivity index (χ0n) is 11.6. The summed E-state index contributed by atoms with van der Waals surface area (Å²) in [5, 5.41) is 0. The quantitative estimate of drug-likeness (QED) is 0.866. The maximum atomic E-state index is 5.78. The summed E-state index contributed by atoms with van der Waals surface area (Å²) < 4.78 is 5.78. The molecule has 0 aliphatic carbocycles. The smallest absolute Gasteiger partial charge is 0.119 e. The third kappa shape index (κ3) is 2.87. The van der Waals surface area contributed by atoms with Crippen LogP contribution in [0, 0.1) is 0 Å². The molecule has 0 saturated carbocycles. The second-order valence-electron chi connectivity index (χ2n) is 5.14. The van der Waals surface area contributed by atoms with E-state index in [0.29, 0.717) is 6.61 Å². The summed E-state index contributed by atoms with van der Waals surface area (Å²) in [6.07, 6.45) is 2.41. The van der Waals surface area contributed by atoms with Crippen LogP contribution in [0.2, 0.25) is 0 Å². The number of nitrogen functional groups attached to an aromatic ring is 1. The largest absolute Gasteiger partial charge is 0.492 e. The van der Waals surface area contributed by atoms with Crippen LogP contribution in [-0.2, 0) is 6.42 Å². The molecule has 2 N–H and O–H groups in total. The van der Waals surface area contributed by atoms with E-state index in [9.17, 15) is 0 Å². The second-order valence-corrected chi connectivity index (χ2v) is 5.14. The van der Waals surface area contributed by atoms with Gasteiger partial charge in [0.25, 0.3) is 0 Å². The molecule has 3 nitrogen and oxygen atoms in total. The Labute approximate surface area is 120 Å². The highest BCUT2D eigenvalue weighted by Gasteiger charge is 2.15. The molecule has 0 atom stereocenters. The normalized spacial score (nSPS) is 13.9. The Morgan fingerprint density at radius 1 is 1.05 bits per heavy atom. The molecule has 2 aromatic carbocycles. The van der Waals surface area contributed by atoms with Crippen molar-refractivity contribution in [1.82, 2.24) is 0 Å². The lowest BCUT2D eigenvalue weighted by Crippen LogP contribution is -2.33. The van der Waals surface area contributed by atoms with Crippen LogP contribution in [0.4, 0.5) is 11.4 Å². The van der Waals surface area contributed by atoms with Crippen LogP contribution in [0.3, 0.4) is 0 Å². The lowest BCUT2D eigenvalue weighted by molar-refractivity contribution is 0.322. The maximum absolute atomic E-state index is 5.78. The van der Waals surface area contributed by atoms with Gasteiger partial charge in [-0.25, -0.2) is 0 Å². The highest BCUT2D eigenvalue weighted by Crippen LogP contribution is 2.26. The Morgan fingerprint density at radius 2 is 1.85 bits per heavy atom. The number of fused-ring (bicyclic) bond motifs is 1. The van der Waals surface area contributed by atoms with E-state index in [1.807, 2.05) is 24.3 Å². The fourth-order valence-corrected chi connectivity index (χ4v) is 2.68. The first-order valence-corrected chi connectivity index (χ1v) is 7.14. The van der Waals surface area contributed by atoms with Crippen LogP contribution < -0.4 is 15.4 Å². The molecule has 0 saturated heterocycles. The van der Waals surface area contributed by atoms with E-state index in [1.54, 1.807) is 0 Å². The van der Waals surface area contributed by atoms with Gasteiger partial charge in [-0.3, -0.25) is 0 Å². The Balaban J connectivity index is 1.58. The van der Waals surface area contributed by atoms with Crippen LogP contribution in [0.5, 0.6) is 5.75 Å². The van der Waals surface area contributed by atoms with E-state index in [2.05, 4.69) is 29.2 Å². The molecule has 0 fully saturated rings. The van der Waals surface area contributed by atoms with Gasteiger partial charge in [0.1, 0.15) is 12.4 Å². The molecule has 0 amide bonds. The summed E-state index contributed by atoms with van der Waals surface area (Å²) in [5.41, 5.74) is 9.24.